The smallest absolute Gasteiger partial charge is 0.0540 e. The molecule has 1 N–H and O–H groups in total. The largest absolute Gasteiger partial charge is 0.393 e. The number of hydrogen-bond acceptors (Lipinski definition) is 1. The van der Waals surface area contributed by atoms with Crippen LogP contribution < -0.4 is 0 Å². The lowest BCUT2D eigenvalue weighted by Gasteiger charge is -2.39. The van der Waals surface area contributed by atoms with Crippen LogP contribution in [0.4, 0.5) is 0 Å². The fourth-order valence-corrected chi connectivity index (χ4v) is 2.94. The zero-order chi connectivity index (χ0) is 11.1. The highest BCUT2D eigenvalue weighted by atomic mass is 16.3. The quantitative estimate of drug-likeness (QED) is 0.696. The number of aliphatic hydroxyl groups is 1. The second-order valence-corrected chi connectivity index (χ2v) is 5.44. The normalized spacial score (nSPS) is 21.8. The van der Waals surface area contributed by atoms with Gasteiger partial charge in [-0.1, -0.05) is 39.5 Å². The van der Waals surface area contributed by atoms with Crippen LogP contribution in [0.3, 0.4) is 0 Å². The first-order valence-corrected chi connectivity index (χ1v) is 6.90. The van der Waals surface area contributed by atoms with Crippen molar-refractivity contribution >= 4 is 0 Å². The van der Waals surface area contributed by atoms with Crippen LogP contribution in [-0.2, 0) is 0 Å². The molecule has 1 nitrogen and oxygen atoms in total. The van der Waals surface area contributed by atoms with Crippen molar-refractivity contribution in [3.8, 4) is 0 Å². The summed E-state index contributed by atoms with van der Waals surface area (Å²) in [4.78, 5) is 0. The lowest BCUT2D eigenvalue weighted by Crippen LogP contribution is -2.29. The molecule has 1 saturated carbocycles. The van der Waals surface area contributed by atoms with E-state index in [1.54, 1.807) is 0 Å². The van der Waals surface area contributed by atoms with E-state index in [2.05, 4.69) is 13.8 Å². The van der Waals surface area contributed by atoms with Gasteiger partial charge in [0.2, 0.25) is 0 Å². The molecule has 1 rings (SSSR count). The molecular formula is C14H28O. The van der Waals surface area contributed by atoms with E-state index in [9.17, 15) is 5.11 Å². The Labute approximate surface area is 95.3 Å². The summed E-state index contributed by atoms with van der Waals surface area (Å²) in [5.74, 6) is 0. The Morgan fingerprint density at radius 1 is 1.00 bits per heavy atom. The van der Waals surface area contributed by atoms with E-state index in [-0.39, 0.29) is 6.10 Å². The third-order valence-electron chi connectivity index (χ3n) is 4.14. The molecule has 0 spiro atoms. The molecule has 0 heterocycles. The van der Waals surface area contributed by atoms with Gasteiger partial charge in [-0.3, -0.25) is 0 Å². The van der Waals surface area contributed by atoms with Gasteiger partial charge in [0.25, 0.3) is 0 Å². The first-order chi connectivity index (χ1) is 7.22. The zero-order valence-corrected chi connectivity index (χ0v) is 10.6. The van der Waals surface area contributed by atoms with Crippen LogP contribution >= 0.6 is 0 Å². The van der Waals surface area contributed by atoms with Crippen molar-refractivity contribution in [2.24, 2.45) is 5.41 Å². The number of aliphatic hydroxyl groups excluding tert-OH is 1. The summed E-state index contributed by atoms with van der Waals surface area (Å²) >= 11 is 0. The van der Waals surface area contributed by atoms with Gasteiger partial charge in [0.1, 0.15) is 0 Å². The highest BCUT2D eigenvalue weighted by Gasteiger charge is 2.33. The third-order valence-corrected chi connectivity index (χ3v) is 4.14. The highest BCUT2D eigenvalue weighted by Crippen LogP contribution is 2.44. The molecule has 90 valence electrons. The Hall–Kier alpha value is -0.0400. The summed E-state index contributed by atoms with van der Waals surface area (Å²) in [5, 5.41) is 9.59. The minimum atomic E-state index is 0.00128. The van der Waals surface area contributed by atoms with Crippen LogP contribution in [0.5, 0.6) is 0 Å². The van der Waals surface area contributed by atoms with Gasteiger partial charge in [-0.25, -0.2) is 0 Å². The molecule has 1 aliphatic carbocycles. The molecule has 0 aromatic rings. The van der Waals surface area contributed by atoms with E-state index in [0.717, 1.165) is 12.8 Å². The van der Waals surface area contributed by atoms with Crippen molar-refractivity contribution in [1.29, 1.82) is 0 Å². The van der Waals surface area contributed by atoms with Gasteiger partial charge >= 0.3 is 0 Å². The van der Waals surface area contributed by atoms with Gasteiger partial charge in [0.05, 0.1) is 6.10 Å². The van der Waals surface area contributed by atoms with Gasteiger partial charge in [-0.15, -0.1) is 0 Å². The van der Waals surface area contributed by atoms with Gasteiger partial charge in [-0.05, 0) is 43.9 Å². The summed E-state index contributed by atoms with van der Waals surface area (Å²) < 4.78 is 0. The van der Waals surface area contributed by atoms with E-state index in [1.165, 1.54) is 51.4 Å². The average Bonchev–Trinajstić information content (AvgIpc) is 2.27. The second kappa shape index (κ2) is 6.52. The standard InChI is InChI=1S/C14H28O/c1-3-5-9-14(10-6-4-2)11-7-13(15)8-12-14/h13,15H,3-12H2,1-2H3. The lowest BCUT2D eigenvalue weighted by molar-refractivity contribution is 0.0494. The Morgan fingerprint density at radius 2 is 1.47 bits per heavy atom. The molecule has 0 aromatic heterocycles. The molecule has 1 aliphatic rings. The minimum Gasteiger partial charge on any atom is -0.393 e. The number of hydrogen-bond donors (Lipinski definition) is 1. The molecule has 0 unspecified atom stereocenters. The fraction of sp³-hybridized carbons (Fsp3) is 1.00. The molecule has 1 fully saturated rings. The van der Waals surface area contributed by atoms with Crippen molar-refractivity contribution in [3.05, 3.63) is 0 Å². The van der Waals surface area contributed by atoms with Crippen LogP contribution in [0.2, 0.25) is 0 Å². The summed E-state index contributed by atoms with van der Waals surface area (Å²) in [6.07, 6.45) is 12.8. The first kappa shape index (κ1) is 13.0. The van der Waals surface area contributed by atoms with Gasteiger partial charge < -0.3 is 5.11 Å². The molecule has 0 aromatic carbocycles. The number of unbranched alkanes of at least 4 members (excludes halogenated alkanes) is 2. The van der Waals surface area contributed by atoms with Crippen LogP contribution in [0.1, 0.15) is 78.1 Å². The molecule has 0 radical (unpaired) electrons. The monoisotopic (exact) mass is 212 g/mol. The Balaban J connectivity index is 2.44. The Bertz CT molecular complexity index is 139. The van der Waals surface area contributed by atoms with Gasteiger partial charge in [0.15, 0.2) is 0 Å². The maximum atomic E-state index is 9.59. The van der Waals surface area contributed by atoms with E-state index in [1.807, 2.05) is 0 Å². The van der Waals surface area contributed by atoms with E-state index < -0.39 is 0 Å². The molecule has 15 heavy (non-hydrogen) atoms. The van der Waals surface area contributed by atoms with Crippen molar-refractivity contribution in [1.82, 2.24) is 0 Å². The summed E-state index contributed by atoms with van der Waals surface area (Å²) in [7, 11) is 0. The van der Waals surface area contributed by atoms with Crippen LogP contribution in [0, 0.1) is 5.41 Å². The van der Waals surface area contributed by atoms with E-state index >= 15 is 0 Å². The van der Waals surface area contributed by atoms with Crippen molar-refractivity contribution in [2.45, 2.75) is 84.2 Å². The van der Waals surface area contributed by atoms with Crippen LogP contribution in [0.15, 0.2) is 0 Å². The predicted molar refractivity (Wildman–Crippen MR) is 66.0 cm³/mol. The van der Waals surface area contributed by atoms with Gasteiger partial charge in [-0.2, -0.15) is 0 Å². The van der Waals surface area contributed by atoms with Gasteiger partial charge in [0, 0.05) is 0 Å². The van der Waals surface area contributed by atoms with Crippen molar-refractivity contribution in [3.63, 3.8) is 0 Å². The Morgan fingerprint density at radius 3 is 1.87 bits per heavy atom. The number of rotatable bonds is 6. The highest BCUT2D eigenvalue weighted by molar-refractivity contribution is 4.85. The molecular weight excluding hydrogens is 184 g/mol. The second-order valence-electron chi connectivity index (χ2n) is 5.44. The molecule has 0 atom stereocenters. The maximum Gasteiger partial charge on any atom is 0.0540 e. The molecule has 0 amide bonds. The Kier molecular flexibility index (Phi) is 5.66. The van der Waals surface area contributed by atoms with E-state index in [0.29, 0.717) is 5.41 Å². The van der Waals surface area contributed by atoms with Crippen LogP contribution in [0.25, 0.3) is 0 Å². The summed E-state index contributed by atoms with van der Waals surface area (Å²) in [6.45, 7) is 4.57. The SMILES string of the molecule is CCCCC1(CCCC)CCC(O)CC1. The summed E-state index contributed by atoms with van der Waals surface area (Å²) in [6, 6.07) is 0. The predicted octanol–water partition coefficient (Wildman–Crippen LogP) is 4.29. The van der Waals surface area contributed by atoms with Crippen molar-refractivity contribution in [2.75, 3.05) is 0 Å². The lowest BCUT2D eigenvalue weighted by atomic mass is 9.67. The molecule has 1 heteroatoms. The molecule has 0 saturated heterocycles. The first-order valence-electron chi connectivity index (χ1n) is 6.90. The third kappa shape index (κ3) is 4.14. The summed E-state index contributed by atoms with van der Waals surface area (Å²) in [5.41, 5.74) is 0.602. The topological polar surface area (TPSA) is 20.2 Å². The molecule has 0 aliphatic heterocycles. The zero-order valence-electron chi connectivity index (χ0n) is 10.6. The minimum absolute atomic E-state index is 0.00128. The van der Waals surface area contributed by atoms with E-state index in [4.69, 9.17) is 0 Å². The van der Waals surface area contributed by atoms with Crippen LogP contribution in [-0.4, -0.2) is 11.2 Å². The average molecular weight is 212 g/mol. The van der Waals surface area contributed by atoms with Crippen molar-refractivity contribution < 1.29 is 5.11 Å². The molecule has 0 bridgehead atoms. The maximum absolute atomic E-state index is 9.59. The fourth-order valence-electron chi connectivity index (χ4n) is 2.94.